The standard InChI is InChI=1S/C46H39BN4O2/c1-44(2)36-22-14-12-21-34(36)40-33-20-11-10-18-30(33)35(27-37(40)44)42-48-41(49-43(50-42)47-52-45(3,4)46(5,6)53-47)28-24-25-32-31-19-13-15-23-38(31)51(39(32)26-28)29-16-8-7-9-17-29/h7-27H,1-6H3. The summed E-state index contributed by atoms with van der Waals surface area (Å²) in [5.74, 6) is 1.16. The lowest BCUT2D eigenvalue weighted by molar-refractivity contribution is 0.00578. The molecule has 0 atom stereocenters. The van der Waals surface area contributed by atoms with Crippen LogP contribution in [0, 0.1) is 0 Å². The molecule has 1 saturated heterocycles. The third-order valence-electron chi connectivity index (χ3n) is 11.9. The number of nitrogens with zero attached hydrogens (tertiary/aromatic N) is 4. The van der Waals surface area contributed by atoms with Gasteiger partial charge in [-0.15, -0.1) is 0 Å². The summed E-state index contributed by atoms with van der Waals surface area (Å²) < 4.78 is 15.5. The van der Waals surface area contributed by atoms with Crippen molar-refractivity contribution in [2.45, 2.75) is 58.2 Å². The first-order valence-electron chi connectivity index (χ1n) is 18.4. The zero-order chi connectivity index (χ0) is 36.3. The van der Waals surface area contributed by atoms with Crippen LogP contribution in [0.5, 0.6) is 0 Å². The third-order valence-corrected chi connectivity index (χ3v) is 11.9. The first-order chi connectivity index (χ1) is 25.5. The van der Waals surface area contributed by atoms with Crippen LogP contribution >= 0.6 is 0 Å². The van der Waals surface area contributed by atoms with E-state index < -0.39 is 18.3 Å². The van der Waals surface area contributed by atoms with Crippen LogP contribution in [0.1, 0.15) is 52.7 Å². The Morgan fingerprint density at radius 1 is 0.509 bits per heavy atom. The normalized spacial score (nSPS) is 16.8. The van der Waals surface area contributed by atoms with Crippen molar-refractivity contribution in [1.29, 1.82) is 0 Å². The quantitative estimate of drug-likeness (QED) is 0.172. The second kappa shape index (κ2) is 11.2. The fourth-order valence-corrected chi connectivity index (χ4v) is 8.40. The number of hydrogen-bond donors (Lipinski definition) is 0. The molecule has 53 heavy (non-hydrogen) atoms. The van der Waals surface area contributed by atoms with E-state index in [9.17, 15) is 0 Å². The molecule has 3 heterocycles. The van der Waals surface area contributed by atoms with Crippen LogP contribution in [0.25, 0.3) is 72.2 Å². The molecule has 1 aliphatic carbocycles. The average Bonchev–Trinajstić information content (AvgIpc) is 3.71. The molecule has 0 N–H and O–H groups in total. The van der Waals surface area contributed by atoms with Gasteiger partial charge in [0.1, 0.15) is 0 Å². The van der Waals surface area contributed by atoms with E-state index in [2.05, 4.69) is 174 Å². The molecular formula is C46H39BN4O2. The monoisotopic (exact) mass is 690 g/mol. The first-order valence-corrected chi connectivity index (χ1v) is 18.4. The van der Waals surface area contributed by atoms with Gasteiger partial charge < -0.3 is 13.9 Å². The minimum absolute atomic E-state index is 0.203. The SMILES string of the molecule is CC1(C)c2ccccc2-c2c1cc(-c1nc(B3OC(C)(C)C(C)(C)O3)nc(-c3ccc4c5ccccc5n(-c5ccccc5)c4c3)n1)c1ccccc21. The van der Waals surface area contributed by atoms with Gasteiger partial charge in [0.05, 0.1) is 22.2 Å². The zero-order valence-corrected chi connectivity index (χ0v) is 30.8. The van der Waals surface area contributed by atoms with Gasteiger partial charge in [0.15, 0.2) is 17.4 Å². The molecule has 0 saturated carbocycles. The Hall–Kier alpha value is -5.63. The fourth-order valence-electron chi connectivity index (χ4n) is 8.40. The molecule has 0 amide bonds. The maximum absolute atomic E-state index is 6.58. The number of aromatic nitrogens is 4. The van der Waals surface area contributed by atoms with E-state index in [4.69, 9.17) is 24.3 Å². The largest absolute Gasteiger partial charge is 0.534 e. The molecule has 7 heteroatoms. The molecule has 258 valence electrons. The van der Waals surface area contributed by atoms with Crippen molar-refractivity contribution < 1.29 is 9.31 Å². The van der Waals surface area contributed by atoms with E-state index in [-0.39, 0.29) is 5.41 Å². The van der Waals surface area contributed by atoms with Gasteiger partial charge >= 0.3 is 7.12 Å². The summed E-state index contributed by atoms with van der Waals surface area (Å²) in [5, 5.41) is 4.64. The fraction of sp³-hybridized carbons (Fsp3) is 0.196. The second-order valence-electron chi connectivity index (χ2n) is 15.9. The van der Waals surface area contributed by atoms with E-state index in [0.717, 1.165) is 33.2 Å². The molecular weight excluding hydrogens is 651 g/mol. The Morgan fingerprint density at radius 2 is 1.13 bits per heavy atom. The molecule has 2 aromatic heterocycles. The maximum Gasteiger partial charge on any atom is 0.534 e. The van der Waals surface area contributed by atoms with Gasteiger partial charge in [-0.3, -0.25) is 0 Å². The van der Waals surface area contributed by atoms with Gasteiger partial charge in [0.25, 0.3) is 0 Å². The average molecular weight is 691 g/mol. The lowest BCUT2D eigenvalue weighted by Crippen LogP contribution is -2.41. The van der Waals surface area contributed by atoms with E-state index in [1.54, 1.807) is 0 Å². The van der Waals surface area contributed by atoms with Crippen molar-refractivity contribution in [3.8, 4) is 39.6 Å². The smallest absolute Gasteiger partial charge is 0.397 e. The number of rotatable bonds is 4. The predicted molar refractivity (Wildman–Crippen MR) is 216 cm³/mol. The summed E-state index contributed by atoms with van der Waals surface area (Å²) >= 11 is 0. The van der Waals surface area contributed by atoms with E-state index in [1.165, 1.54) is 38.4 Å². The van der Waals surface area contributed by atoms with Crippen LogP contribution < -0.4 is 5.72 Å². The molecule has 1 aliphatic heterocycles. The Kier molecular flexibility index (Phi) is 6.77. The summed E-state index contributed by atoms with van der Waals surface area (Å²) in [6.07, 6.45) is 0. The van der Waals surface area contributed by atoms with Crippen LogP contribution in [0.15, 0.2) is 127 Å². The highest BCUT2D eigenvalue weighted by atomic mass is 16.7. The van der Waals surface area contributed by atoms with E-state index in [0.29, 0.717) is 17.4 Å². The van der Waals surface area contributed by atoms with Crippen LogP contribution in [-0.4, -0.2) is 37.8 Å². The molecule has 8 aromatic rings. The molecule has 6 nitrogen and oxygen atoms in total. The summed E-state index contributed by atoms with van der Waals surface area (Å²) in [5.41, 5.74) is 9.46. The molecule has 0 bridgehead atoms. The van der Waals surface area contributed by atoms with Gasteiger partial charge in [-0.1, -0.05) is 111 Å². The number of benzene rings is 6. The zero-order valence-electron chi connectivity index (χ0n) is 30.8. The van der Waals surface area contributed by atoms with Gasteiger partial charge in [-0.25, -0.2) is 15.0 Å². The van der Waals surface area contributed by atoms with Gasteiger partial charge in [-0.2, -0.15) is 0 Å². The molecule has 0 radical (unpaired) electrons. The Labute approximate surface area is 309 Å². The lowest BCUT2D eigenvalue weighted by Gasteiger charge is -2.32. The van der Waals surface area contributed by atoms with Crippen molar-refractivity contribution in [3.63, 3.8) is 0 Å². The molecule has 6 aromatic carbocycles. The highest BCUT2D eigenvalue weighted by Gasteiger charge is 2.53. The Balaban J connectivity index is 1.23. The molecule has 0 unspecified atom stereocenters. The molecule has 2 aliphatic rings. The number of para-hydroxylation sites is 2. The Bertz CT molecular complexity index is 2770. The van der Waals surface area contributed by atoms with Crippen LogP contribution in [-0.2, 0) is 14.7 Å². The van der Waals surface area contributed by atoms with Crippen LogP contribution in [0.2, 0.25) is 0 Å². The number of fused-ring (bicyclic) bond motifs is 8. The van der Waals surface area contributed by atoms with E-state index in [1.807, 2.05) is 0 Å². The van der Waals surface area contributed by atoms with Crippen molar-refractivity contribution in [2.24, 2.45) is 0 Å². The van der Waals surface area contributed by atoms with Gasteiger partial charge in [0, 0.05) is 33.0 Å². The van der Waals surface area contributed by atoms with Gasteiger partial charge in [-0.05, 0) is 91.1 Å². The third kappa shape index (κ3) is 4.70. The minimum atomic E-state index is -0.763. The molecule has 10 rings (SSSR count). The number of hydrogen-bond acceptors (Lipinski definition) is 5. The lowest BCUT2D eigenvalue weighted by atomic mass is 9.81. The summed E-state index contributed by atoms with van der Waals surface area (Å²) in [6.45, 7) is 12.8. The van der Waals surface area contributed by atoms with Crippen LogP contribution in [0.3, 0.4) is 0 Å². The van der Waals surface area contributed by atoms with Crippen molar-refractivity contribution in [3.05, 3.63) is 139 Å². The Morgan fingerprint density at radius 3 is 1.91 bits per heavy atom. The van der Waals surface area contributed by atoms with E-state index >= 15 is 0 Å². The maximum atomic E-state index is 6.58. The van der Waals surface area contributed by atoms with Crippen molar-refractivity contribution >= 4 is 45.4 Å². The molecule has 1 fully saturated rings. The molecule has 0 spiro atoms. The minimum Gasteiger partial charge on any atom is -0.397 e. The first kappa shape index (κ1) is 32.1. The van der Waals surface area contributed by atoms with Gasteiger partial charge in [0.2, 0.25) is 0 Å². The summed E-state index contributed by atoms with van der Waals surface area (Å²) in [4.78, 5) is 15.6. The highest BCUT2D eigenvalue weighted by molar-refractivity contribution is 6.60. The van der Waals surface area contributed by atoms with Crippen molar-refractivity contribution in [1.82, 2.24) is 19.5 Å². The second-order valence-corrected chi connectivity index (χ2v) is 15.9. The highest BCUT2D eigenvalue weighted by Crippen LogP contribution is 2.53. The summed E-state index contributed by atoms with van der Waals surface area (Å²) in [7, 11) is -0.763. The predicted octanol–water partition coefficient (Wildman–Crippen LogP) is 10.1. The van der Waals surface area contributed by atoms with Crippen molar-refractivity contribution in [2.75, 3.05) is 0 Å². The van der Waals surface area contributed by atoms with Crippen LogP contribution in [0.4, 0.5) is 0 Å². The topological polar surface area (TPSA) is 62.1 Å². The summed E-state index contributed by atoms with van der Waals surface area (Å²) in [6, 6.07) is 45.3.